The minimum Gasteiger partial charge on any atom is -0.396 e. The minimum absolute atomic E-state index is 0.572. The number of aromatic nitrogens is 4. The van der Waals surface area contributed by atoms with Gasteiger partial charge in [-0.15, -0.1) is 0 Å². The van der Waals surface area contributed by atoms with Crippen molar-refractivity contribution in [2.45, 2.75) is 0 Å². The van der Waals surface area contributed by atoms with Gasteiger partial charge in [0.25, 0.3) is 0 Å². The Morgan fingerprint density at radius 2 is 1.71 bits per heavy atom. The van der Waals surface area contributed by atoms with Crippen LogP contribution in [0.5, 0.6) is 0 Å². The largest absolute Gasteiger partial charge is 0.396 e. The molecule has 0 saturated carbocycles. The van der Waals surface area contributed by atoms with Gasteiger partial charge in [-0.05, 0) is 0 Å². The summed E-state index contributed by atoms with van der Waals surface area (Å²) in [6.07, 6.45) is 3.18. The van der Waals surface area contributed by atoms with E-state index in [1.54, 1.807) is 21.8 Å². The van der Waals surface area contributed by atoms with Crippen molar-refractivity contribution in [3.05, 3.63) is 17.4 Å². The van der Waals surface area contributed by atoms with Gasteiger partial charge < -0.3 is 5.73 Å². The Morgan fingerprint density at radius 3 is 2.14 bits per heavy atom. The summed E-state index contributed by atoms with van der Waals surface area (Å²) in [5.74, 6) is 0. The quantitative estimate of drug-likeness (QED) is 0.767. The summed E-state index contributed by atoms with van der Waals surface area (Å²) < 4.78 is 3.36. The first-order valence-corrected chi connectivity index (χ1v) is 4.44. The molecule has 2 N–H and O–H groups in total. The first-order chi connectivity index (χ1) is 6.61. The van der Waals surface area contributed by atoms with Crippen LogP contribution < -0.4 is 5.73 Å². The molecule has 0 saturated heterocycles. The smallest absolute Gasteiger partial charge is 0.110 e. The number of nitrogen functional groups attached to an aromatic ring is 1. The van der Waals surface area contributed by atoms with Crippen LogP contribution in [-0.2, 0) is 14.1 Å². The summed E-state index contributed by atoms with van der Waals surface area (Å²) in [5.41, 5.74) is 7.95. The average Bonchev–Trinajstić information content (AvgIpc) is 2.60. The number of nitrogens with zero attached hydrogens (tertiary/aromatic N) is 4. The van der Waals surface area contributed by atoms with E-state index in [1.807, 2.05) is 14.1 Å². The van der Waals surface area contributed by atoms with E-state index in [9.17, 15) is 0 Å². The Bertz CT molecular complexity index is 387. The third kappa shape index (κ3) is 1.17. The highest BCUT2D eigenvalue weighted by Gasteiger charge is 2.15. The zero-order valence-electron chi connectivity index (χ0n) is 7.90. The fraction of sp³-hybridized carbons (Fsp3) is 0.250. The van der Waals surface area contributed by atoms with Crippen molar-refractivity contribution in [3.8, 4) is 11.4 Å². The molecular formula is C8H10ClN5. The van der Waals surface area contributed by atoms with Crippen molar-refractivity contribution in [1.29, 1.82) is 0 Å². The fourth-order valence-electron chi connectivity index (χ4n) is 1.42. The molecule has 2 rings (SSSR count). The molecule has 0 aliphatic carbocycles. The Kier molecular flexibility index (Phi) is 1.96. The predicted octanol–water partition coefficient (Wildman–Crippen LogP) is 1.06. The Morgan fingerprint density at radius 1 is 1.14 bits per heavy atom. The van der Waals surface area contributed by atoms with Crippen LogP contribution in [0.4, 0.5) is 5.69 Å². The van der Waals surface area contributed by atoms with Gasteiger partial charge in [-0.3, -0.25) is 9.36 Å². The molecule has 6 heteroatoms. The highest BCUT2D eigenvalue weighted by molar-refractivity contribution is 6.33. The van der Waals surface area contributed by atoms with Crippen molar-refractivity contribution in [3.63, 3.8) is 0 Å². The molecule has 0 aromatic carbocycles. The standard InChI is InChI=1S/C8H10ClN5/c1-13-7(5(9)3-11-13)8-6(10)4-12-14(8)2/h3-4H,10H2,1-2H3. The molecule has 0 radical (unpaired) electrons. The third-order valence-corrected chi connectivity index (χ3v) is 2.36. The molecule has 0 atom stereocenters. The molecule has 0 aliphatic rings. The Balaban J connectivity index is 2.71. The van der Waals surface area contributed by atoms with Gasteiger partial charge in [0.1, 0.15) is 11.4 Å². The van der Waals surface area contributed by atoms with Crippen LogP contribution in [-0.4, -0.2) is 19.6 Å². The summed E-state index contributed by atoms with van der Waals surface area (Å²) >= 11 is 6.00. The summed E-state index contributed by atoms with van der Waals surface area (Å²) in [5, 5.41) is 8.66. The SMILES string of the molecule is Cn1ncc(N)c1-c1c(Cl)cnn1C. The van der Waals surface area contributed by atoms with Gasteiger partial charge in [0.2, 0.25) is 0 Å². The monoisotopic (exact) mass is 211 g/mol. The van der Waals surface area contributed by atoms with Gasteiger partial charge in [0.05, 0.1) is 23.1 Å². The van der Waals surface area contributed by atoms with E-state index in [4.69, 9.17) is 17.3 Å². The van der Waals surface area contributed by atoms with Crippen molar-refractivity contribution >= 4 is 17.3 Å². The zero-order chi connectivity index (χ0) is 10.3. The van der Waals surface area contributed by atoms with Crippen LogP contribution in [0.15, 0.2) is 12.4 Å². The number of rotatable bonds is 1. The minimum atomic E-state index is 0.572. The Hall–Kier alpha value is -1.49. The molecule has 0 fully saturated rings. The van der Waals surface area contributed by atoms with Crippen LogP contribution in [0, 0.1) is 0 Å². The van der Waals surface area contributed by atoms with E-state index < -0.39 is 0 Å². The molecule has 2 aromatic heterocycles. The second-order valence-corrected chi connectivity index (χ2v) is 3.44. The summed E-state index contributed by atoms with van der Waals surface area (Å²) in [6, 6.07) is 0. The van der Waals surface area contributed by atoms with Crippen LogP contribution >= 0.6 is 11.6 Å². The highest BCUT2D eigenvalue weighted by atomic mass is 35.5. The van der Waals surface area contributed by atoms with Gasteiger partial charge in [-0.2, -0.15) is 10.2 Å². The number of nitrogens with two attached hydrogens (primary N) is 1. The molecule has 0 unspecified atom stereocenters. The maximum Gasteiger partial charge on any atom is 0.110 e. The van der Waals surface area contributed by atoms with E-state index in [2.05, 4.69) is 10.2 Å². The van der Waals surface area contributed by atoms with Crippen molar-refractivity contribution in [1.82, 2.24) is 19.6 Å². The lowest BCUT2D eigenvalue weighted by Crippen LogP contribution is -2.01. The molecule has 14 heavy (non-hydrogen) atoms. The first-order valence-electron chi connectivity index (χ1n) is 4.06. The molecule has 0 bridgehead atoms. The molecule has 2 aromatic rings. The number of hydrogen-bond donors (Lipinski definition) is 1. The normalized spacial score (nSPS) is 10.8. The first kappa shape index (κ1) is 9.08. The maximum absolute atomic E-state index is 6.00. The summed E-state index contributed by atoms with van der Waals surface area (Å²) in [4.78, 5) is 0. The van der Waals surface area contributed by atoms with Gasteiger partial charge in [-0.1, -0.05) is 11.6 Å². The van der Waals surface area contributed by atoms with Crippen molar-refractivity contribution in [2.24, 2.45) is 14.1 Å². The second-order valence-electron chi connectivity index (χ2n) is 3.04. The summed E-state index contributed by atoms with van der Waals surface area (Å²) in [6.45, 7) is 0. The second kappa shape index (κ2) is 3.02. The lowest BCUT2D eigenvalue weighted by atomic mass is 10.3. The number of hydrogen-bond acceptors (Lipinski definition) is 3. The molecule has 74 valence electrons. The highest BCUT2D eigenvalue weighted by Crippen LogP contribution is 2.30. The lowest BCUT2D eigenvalue weighted by Gasteiger charge is -2.04. The predicted molar refractivity (Wildman–Crippen MR) is 54.8 cm³/mol. The van der Waals surface area contributed by atoms with E-state index in [0.29, 0.717) is 10.7 Å². The van der Waals surface area contributed by atoms with Crippen molar-refractivity contribution in [2.75, 3.05) is 5.73 Å². The number of halogens is 1. The van der Waals surface area contributed by atoms with Crippen LogP contribution in [0.25, 0.3) is 11.4 Å². The van der Waals surface area contributed by atoms with E-state index >= 15 is 0 Å². The van der Waals surface area contributed by atoms with Gasteiger partial charge in [-0.25, -0.2) is 0 Å². The number of anilines is 1. The molecule has 0 amide bonds. The van der Waals surface area contributed by atoms with Crippen LogP contribution in [0.3, 0.4) is 0 Å². The van der Waals surface area contributed by atoms with Crippen LogP contribution in [0.2, 0.25) is 5.02 Å². The molecule has 5 nitrogen and oxygen atoms in total. The zero-order valence-corrected chi connectivity index (χ0v) is 8.65. The topological polar surface area (TPSA) is 61.7 Å². The Labute approximate surface area is 86.1 Å². The molecular weight excluding hydrogens is 202 g/mol. The van der Waals surface area contributed by atoms with Gasteiger partial charge in [0, 0.05) is 14.1 Å². The van der Waals surface area contributed by atoms with Gasteiger partial charge >= 0.3 is 0 Å². The molecule has 0 aliphatic heterocycles. The van der Waals surface area contributed by atoms with E-state index in [-0.39, 0.29) is 0 Å². The summed E-state index contributed by atoms with van der Waals surface area (Å²) in [7, 11) is 3.63. The van der Waals surface area contributed by atoms with Crippen LogP contribution in [0.1, 0.15) is 0 Å². The third-order valence-electron chi connectivity index (χ3n) is 2.09. The molecule has 2 heterocycles. The van der Waals surface area contributed by atoms with E-state index in [1.165, 1.54) is 0 Å². The van der Waals surface area contributed by atoms with Gasteiger partial charge in [0.15, 0.2) is 0 Å². The average molecular weight is 212 g/mol. The molecule has 0 spiro atoms. The van der Waals surface area contributed by atoms with Crippen molar-refractivity contribution < 1.29 is 0 Å². The lowest BCUT2D eigenvalue weighted by molar-refractivity contribution is 0.738. The maximum atomic E-state index is 6.00. The van der Waals surface area contributed by atoms with E-state index in [0.717, 1.165) is 11.4 Å². The number of aryl methyl sites for hydroxylation is 2. The fourth-order valence-corrected chi connectivity index (χ4v) is 1.68.